The van der Waals surface area contributed by atoms with Gasteiger partial charge in [0.05, 0.1) is 11.8 Å². The van der Waals surface area contributed by atoms with Gasteiger partial charge in [0.15, 0.2) is 0 Å². The maximum Gasteiger partial charge on any atom is 0.127 e. The minimum absolute atomic E-state index is 0.00685. The lowest BCUT2D eigenvalue weighted by Crippen LogP contribution is -2.22. The fourth-order valence-corrected chi connectivity index (χ4v) is 2.25. The third-order valence-electron chi connectivity index (χ3n) is 3.09. The number of aliphatic hydroxyl groups excluding tert-OH is 1. The molecule has 0 amide bonds. The quantitative estimate of drug-likeness (QED) is 0.771. The van der Waals surface area contributed by atoms with E-state index in [2.05, 4.69) is 4.98 Å². The van der Waals surface area contributed by atoms with Gasteiger partial charge >= 0.3 is 0 Å². The standard InChI is InChI=1S/C12H16FNO/c1-7-5-10-11(13)4-3-9(8(2)15)12(10)14-6-7/h5-6,8-9,11,15H,3-4H2,1-2H3/t8?,9?,11-/m0/s1. The monoisotopic (exact) mass is 209 g/mol. The van der Waals surface area contributed by atoms with Crippen molar-refractivity contribution in [1.82, 2.24) is 4.98 Å². The van der Waals surface area contributed by atoms with Gasteiger partial charge in [-0.25, -0.2) is 4.39 Å². The summed E-state index contributed by atoms with van der Waals surface area (Å²) >= 11 is 0. The number of aromatic nitrogens is 1. The van der Waals surface area contributed by atoms with E-state index in [-0.39, 0.29) is 5.92 Å². The Bertz CT molecular complexity index is 365. The van der Waals surface area contributed by atoms with Crippen LogP contribution in [0.3, 0.4) is 0 Å². The highest BCUT2D eigenvalue weighted by Gasteiger charge is 2.30. The Morgan fingerprint density at radius 2 is 2.27 bits per heavy atom. The second-order valence-corrected chi connectivity index (χ2v) is 4.38. The van der Waals surface area contributed by atoms with Gasteiger partial charge in [-0.2, -0.15) is 0 Å². The van der Waals surface area contributed by atoms with E-state index in [4.69, 9.17) is 0 Å². The molecule has 0 aromatic carbocycles. The number of aryl methyl sites for hydroxylation is 1. The number of pyridine rings is 1. The lowest BCUT2D eigenvalue weighted by atomic mass is 9.82. The molecular weight excluding hydrogens is 193 g/mol. The second kappa shape index (κ2) is 3.89. The van der Waals surface area contributed by atoms with Crippen LogP contribution in [-0.4, -0.2) is 16.2 Å². The summed E-state index contributed by atoms with van der Waals surface area (Å²) in [4.78, 5) is 4.27. The number of hydrogen-bond donors (Lipinski definition) is 1. The molecule has 1 heterocycles. The van der Waals surface area contributed by atoms with Gasteiger partial charge < -0.3 is 5.11 Å². The SMILES string of the molecule is Cc1cnc2c(c1)[C@@H](F)CCC2C(C)O. The molecule has 3 heteroatoms. The zero-order valence-corrected chi connectivity index (χ0v) is 9.07. The molecule has 2 rings (SSSR count). The first-order valence-corrected chi connectivity index (χ1v) is 5.38. The zero-order chi connectivity index (χ0) is 11.0. The summed E-state index contributed by atoms with van der Waals surface area (Å²) in [5, 5.41) is 9.62. The van der Waals surface area contributed by atoms with Crippen molar-refractivity contribution in [2.75, 3.05) is 0 Å². The fourth-order valence-electron chi connectivity index (χ4n) is 2.25. The van der Waals surface area contributed by atoms with Crippen LogP contribution in [0.4, 0.5) is 4.39 Å². The van der Waals surface area contributed by atoms with E-state index in [1.54, 1.807) is 13.1 Å². The first-order valence-electron chi connectivity index (χ1n) is 5.38. The normalized spacial score (nSPS) is 27.2. The first-order chi connectivity index (χ1) is 7.09. The number of hydrogen-bond acceptors (Lipinski definition) is 2. The zero-order valence-electron chi connectivity index (χ0n) is 9.07. The Hall–Kier alpha value is -0.960. The Morgan fingerprint density at radius 3 is 2.93 bits per heavy atom. The van der Waals surface area contributed by atoms with E-state index < -0.39 is 12.3 Å². The molecule has 1 aliphatic rings. The summed E-state index contributed by atoms with van der Waals surface area (Å²) in [6.45, 7) is 3.65. The Balaban J connectivity index is 2.45. The third-order valence-corrected chi connectivity index (χ3v) is 3.09. The van der Waals surface area contributed by atoms with Crippen molar-refractivity contribution in [3.63, 3.8) is 0 Å². The van der Waals surface area contributed by atoms with Crippen LogP contribution in [0.2, 0.25) is 0 Å². The van der Waals surface area contributed by atoms with Crippen LogP contribution in [0.15, 0.2) is 12.3 Å². The van der Waals surface area contributed by atoms with Crippen molar-refractivity contribution in [3.8, 4) is 0 Å². The lowest BCUT2D eigenvalue weighted by Gasteiger charge is -2.28. The van der Waals surface area contributed by atoms with Crippen molar-refractivity contribution in [1.29, 1.82) is 0 Å². The number of nitrogens with zero attached hydrogens (tertiary/aromatic N) is 1. The van der Waals surface area contributed by atoms with Crippen LogP contribution in [-0.2, 0) is 0 Å². The molecule has 1 aromatic rings. The molecule has 2 nitrogen and oxygen atoms in total. The molecule has 82 valence electrons. The molecule has 1 N–H and O–H groups in total. The van der Waals surface area contributed by atoms with Crippen molar-refractivity contribution >= 4 is 0 Å². The lowest BCUT2D eigenvalue weighted by molar-refractivity contribution is 0.138. The molecule has 0 saturated heterocycles. The summed E-state index contributed by atoms with van der Waals surface area (Å²) in [5.74, 6) is -0.00685. The number of alkyl halides is 1. The van der Waals surface area contributed by atoms with Gasteiger partial charge in [-0.05, 0) is 38.3 Å². The third kappa shape index (κ3) is 1.88. The predicted octanol–water partition coefficient (Wildman–Crippen LogP) is 2.66. The van der Waals surface area contributed by atoms with Crippen LogP contribution < -0.4 is 0 Å². The van der Waals surface area contributed by atoms with Gasteiger partial charge in [0.25, 0.3) is 0 Å². The van der Waals surface area contributed by atoms with Crippen molar-refractivity contribution in [2.24, 2.45) is 0 Å². The number of fused-ring (bicyclic) bond motifs is 1. The van der Waals surface area contributed by atoms with Crippen LogP contribution in [0, 0.1) is 6.92 Å². The molecule has 0 saturated carbocycles. The average Bonchev–Trinajstić information content (AvgIpc) is 2.19. The minimum Gasteiger partial charge on any atom is -0.393 e. The Morgan fingerprint density at radius 1 is 1.53 bits per heavy atom. The first kappa shape index (κ1) is 10.6. The largest absolute Gasteiger partial charge is 0.393 e. The minimum atomic E-state index is -0.914. The highest BCUT2D eigenvalue weighted by atomic mass is 19.1. The molecule has 3 atom stereocenters. The van der Waals surface area contributed by atoms with Crippen LogP contribution >= 0.6 is 0 Å². The Labute approximate surface area is 89.2 Å². The van der Waals surface area contributed by atoms with Gasteiger partial charge in [-0.1, -0.05) is 0 Å². The molecule has 0 aliphatic heterocycles. The summed E-state index contributed by atoms with van der Waals surface area (Å²) < 4.78 is 13.7. The van der Waals surface area contributed by atoms with E-state index in [9.17, 15) is 9.50 Å². The van der Waals surface area contributed by atoms with Crippen LogP contribution in [0.1, 0.15) is 48.7 Å². The highest BCUT2D eigenvalue weighted by molar-refractivity contribution is 5.32. The highest BCUT2D eigenvalue weighted by Crippen LogP contribution is 2.40. The van der Waals surface area contributed by atoms with E-state index in [0.29, 0.717) is 18.4 Å². The maximum absolute atomic E-state index is 13.7. The van der Waals surface area contributed by atoms with Gasteiger partial charge in [0.2, 0.25) is 0 Å². The molecule has 0 bridgehead atoms. The molecular formula is C12H16FNO. The molecule has 1 aliphatic carbocycles. The van der Waals surface area contributed by atoms with Crippen LogP contribution in [0.5, 0.6) is 0 Å². The molecule has 0 fully saturated rings. The van der Waals surface area contributed by atoms with Crippen molar-refractivity contribution in [3.05, 3.63) is 29.1 Å². The van der Waals surface area contributed by atoms with E-state index in [1.807, 2.05) is 13.0 Å². The van der Waals surface area contributed by atoms with Gasteiger partial charge in [0, 0.05) is 17.7 Å². The van der Waals surface area contributed by atoms with E-state index in [0.717, 1.165) is 11.3 Å². The summed E-state index contributed by atoms with van der Waals surface area (Å²) in [6, 6.07) is 1.85. The maximum atomic E-state index is 13.7. The fraction of sp³-hybridized carbons (Fsp3) is 0.583. The summed E-state index contributed by atoms with van der Waals surface area (Å²) in [6.07, 6.45) is 1.55. The summed E-state index contributed by atoms with van der Waals surface area (Å²) in [7, 11) is 0. The van der Waals surface area contributed by atoms with Crippen molar-refractivity contribution < 1.29 is 9.50 Å². The number of aliphatic hydroxyl groups is 1. The van der Waals surface area contributed by atoms with Crippen molar-refractivity contribution in [2.45, 2.75) is 44.9 Å². The average molecular weight is 209 g/mol. The van der Waals surface area contributed by atoms with Gasteiger partial charge in [0.1, 0.15) is 6.17 Å². The number of halogens is 1. The summed E-state index contributed by atoms with van der Waals surface area (Å²) in [5.41, 5.74) is 2.39. The van der Waals surface area contributed by atoms with Gasteiger partial charge in [-0.3, -0.25) is 4.98 Å². The van der Waals surface area contributed by atoms with Gasteiger partial charge in [-0.15, -0.1) is 0 Å². The van der Waals surface area contributed by atoms with E-state index in [1.165, 1.54) is 0 Å². The molecule has 2 unspecified atom stereocenters. The molecule has 0 spiro atoms. The molecule has 0 radical (unpaired) electrons. The molecule has 15 heavy (non-hydrogen) atoms. The smallest absolute Gasteiger partial charge is 0.127 e. The van der Waals surface area contributed by atoms with Crippen LogP contribution in [0.25, 0.3) is 0 Å². The van der Waals surface area contributed by atoms with E-state index >= 15 is 0 Å². The number of rotatable bonds is 1. The topological polar surface area (TPSA) is 33.1 Å². The Kier molecular flexibility index (Phi) is 2.74. The molecule has 1 aromatic heterocycles. The second-order valence-electron chi connectivity index (χ2n) is 4.38. The predicted molar refractivity (Wildman–Crippen MR) is 56.5 cm³/mol.